The highest BCUT2D eigenvalue weighted by Gasteiger charge is 1.84. The smallest absolute Gasteiger partial charge is 0.233 e. The molecule has 0 saturated heterocycles. The zero-order valence-electron chi connectivity index (χ0n) is 4.51. The maximum atomic E-state index is 9.94. The Labute approximate surface area is 60.8 Å². The third-order valence-corrected chi connectivity index (χ3v) is 0.464. The molecule has 0 aliphatic carbocycles. The van der Waals surface area contributed by atoms with E-state index in [9.17, 15) is 4.79 Å². The lowest BCUT2D eigenvalue weighted by atomic mass is 10.6. The van der Waals surface area contributed by atoms with Gasteiger partial charge in [0.2, 0.25) is 5.91 Å². The molecular weight excluding hydrogens is 151 g/mol. The van der Waals surface area contributed by atoms with Crippen molar-refractivity contribution in [2.45, 2.75) is 0 Å². The second-order valence-electron chi connectivity index (χ2n) is 0.877. The Morgan fingerprint density at radius 2 is 2.00 bits per heavy atom. The van der Waals surface area contributed by atoms with Crippen LogP contribution in [-0.4, -0.2) is 19.5 Å². The Morgan fingerprint density at radius 1 is 1.62 bits per heavy atom. The average molecular weight is 161 g/mol. The number of likely N-dealkylation sites (N-methyl/N-ethyl adjacent to an activating group) is 1. The van der Waals surface area contributed by atoms with Crippen LogP contribution < -0.4 is 11.1 Å². The highest BCUT2D eigenvalue weighted by atomic mass is 35.5. The van der Waals surface area contributed by atoms with E-state index in [4.69, 9.17) is 5.73 Å². The first-order valence-electron chi connectivity index (χ1n) is 1.72. The van der Waals surface area contributed by atoms with E-state index in [1.165, 1.54) is 0 Å². The van der Waals surface area contributed by atoms with Crippen LogP contribution in [0.15, 0.2) is 0 Å². The molecular formula is C3H10Cl2N2O. The van der Waals surface area contributed by atoms with Crippen LogP contribution in [-0.2, 0) is 4.79 Å². The number of halogens is 2. The number of carbonyl (C=O) groups is 1. The summed E-state index contributed by atoms with van der Waals surface area (Å²) in [4.78, 5) is 9.94. The first kappa shape index (κ1) is 15.7. The van der Waals surface area contributed by atoms with Crippen molar-refractivity contribution in [2.75, 3.05) is 13.6 Å². The lowest BCUT2D eigenvalue weighted by Gasteiger charge is -1.87. The average Bonchev–Trinajstić information content (AvgIpc) is 1.65. The summed E-state index contributed by atoms with van der Waals surface area (Å²) in [6.45, 7) is 0.0799. The van der Waals surface area contributed by atoms with Crippen molar-refractivity contribution in [2.24, 2.45) is 5.73 Å². The van der Waals surface area contributed by atoms with Gasteiger partial charge in [-0.05, 0) is 0 Å². The highest BCUT2D eigenvalue weighted by Crippen LogP contribution is 1.46. The Hall–Kier alpha value is 0.01000. The van der Waals surface area contributed by atoms with E-state index in [0.29, 0.717) is 0 Å². The normalized spacial score (nSPS) is 5.75. The van der Waals surface area contributed by atoms with Gasteiger partial charge in [-0.25, -0.2) is 0 Å². The number of rotatable bonds is 1. The number of hydrogen-bond acceptors (Lipinski definition) is 2. The summed E-state index contributed by atoms with van der Waals surface area (Å²) in [7, 11) is 1.55. The van der Waals surface area contributed by atoms with Crippen LogP contribution in [0.3, 0.4) is 0 Å². The topological polar surface area (TPSA) is 55.1 Å². The zero-order chi connectivity index (χ0) is 4.99. The van der Waals surface area contributed by atoms with E-state index in [1.807, 2.05) is 0 Å². The predicted octanol–water partition coefficient (Wildman–Crippen LogP) is -0.465. The van der Waals surface area contributed by atoms with Crippen LogP contribution in [0.4, 0.5) is 0 Å². The number of nitrogens with two attached hydrogens (primary N) is 1. The molecule has 0 atom stereocenters. The molecule has 0 radical (unpaired) electrons. The van der Waals surface area contributed by atoms with Crippen molar-refractivity contribution in [3.05, 3.63) is 0 Å². The summed E-state index contributed by atoms with van der Waals surface area (Å²) in [5.74, 6) is -0.130. The standard InChI is InChI=1S/C3H8N2O.2ClH/c1-5-3(6)2-4;;/h2,4H2,1H3,(H,5,6);2*1H. The minimum absolute atomic E-state index is 0. The molecule has 1 amide bonds. The lowest BCUT2D eigenvalue weighted by molar-refractivity contribution is -0.119. The molecule has 0 spiro atoms. The molecule has 0 fully saturated rings. The fourth-order valence-corrected chi connectivity index (χ4v) is 0.102. The second-order valence-corrected chi connectivity index (χ2v) is 0.877. The van der Waals surface area contributed by atoms with Gasteiger partial charge in [0.05, 0.1) is 6.54 Å². The molecule has 5 heteroatoms. The molecule has 0 unspecified atom stereocenters. The lowest BCUT2D eigenvalue weighted by Crippen LogP contribution is -2.26. The van der Waals surface area contributed by atoms with Crippen LogP contribution in [0.2, 0.25) is 0 Å². The molecule has 0 aromatic rings. The van der Waals surface area contributed by atoms with E-state index in [2.05, 4.69) is 5.32 Å². The summed E-state index contributed by atoms with van der Waals surface area (Å²) in [6.07, 6.45) is 0. The van der Waals surface area contributed by atoms with Crippen molar-refractivity contribution >= 4 is 30.7 Å². The van der Waals surface area contributed by atoms with Gasteiger partial charge in [-0.2, -0.15) is 0 Å². The number of amides is 1. The van der Waals surface area contributed by atoms with E-state index in [-0.39, 0.29) is 37.3 Å². The number of hydrogen-bond donors (Lipinski definition) is 2. The molecule has 0 bridgehead atoms. The van der Waals surface area contributed by atoms with E-state index >= 15 is 0 Å². The molecule has 0 rings (SSSR count). The maximum Gasteiger partial charge on any atom is 0.233 e. The Balaban J connectivity index is -0.000000125. The van der Waals surface area contributed by atoms with Gasteiger partial charge in [0, 0.05) is 7.05 Å². The minimum Gasteiger partial charge on any atom is -0.358 e. The Morgan fingerprint density at radius 3 is 2.00 bits per heavy atom. The van der Waals surface area contributed by atoms with Gasteiger partial charge in [0.25, 0.3) is 0 Å². The second kappa shape index (κ2) is 10.1. The minimum atomic E-state index is -0.130. The van der Waals surface area contributed by atoms with Gasteiger partial charge in [0.15, 0.2) is 0 Å². The number of nitrogens with one attached hydrogen (secondary N) is 1. The largest absolute Gasteiger partial charge is 0.358 e. The monoisotopic (exact) mass is 160 g/mol. The maximum absolute atomic E-state index is 9.94. The summed E-state index contributed by atoms with van der Waals surface area (Å²) >= 11 is 0. The van der Waals surface area contributed by atoms with E-state index in [1.54, 1.807) is 7.05 Å². The molecule has 0 aliphatic heterocycles. The van der Waals surface area contributed by atoms with Crippen molar-refractivity contribution in [3.8, 4) is 0 Å². The molecule has 3 N–H and O–H groups in total. The summed E-state index contributed by atoms with van der Waals surface area (Å²) in [6, 6.07) is 0. The Kier molecular flexibility index (Phi) is 19.8. The molecule has 3 nitrogen and oxygen atoms in total. The molecule has 8 heavy (non-hydrogen) atoms. The predicted molar refractivity (Wildman–Crippen MR) is 37.6 cm³/mol. The number of carbonyl (C=O) groups excluding carboxylic acids is 1. The van der Waals surface area contributed by atoms with Crippen molar-refractivity contribution in [3.63, 3.8) is 0 Å². The third kappa shape index (κ3) is 9.38. The van der Waals surface area contributed by atoms with Gasteiger partial charge in [-0.15, -0.1) is 24.8 Å². The fraction of sp³-hybridized carbons (Fsp3) is 0.667. The van der Waals surface area contributed by atoms with Crippen LogP contribution in [0.1, 0.15) is 0 Å². The molecule has 0 aliphatic rings. The van der Waals surface area contributed by atoms with Gasteiger partial charge >= 0.3 is 0 Å². The molecule has 52 valence electrons. The summed E-state index contributed by atoms with van der Waals surface area (Å²) < 4.78 is 0. The van der Waals surface area contributed by atoms with E-state index in [0.717, 1.165) is 0 Å². The first-order valence-corrected chi connectivity index (χ1v) is 1.72. The molecule has 0 heterocycles. The molecule has 0 aromatic carbocycles. The van der Waals surface area contributed by atoms with Crippen molar-refractivity contribution < 1.29 is 4.79 Å². The van der Waals surface area contributed by atoms with Crippen LogP contribution in [0.25, 0.3) is 0 Å². The first-order chi connectivity index (χ1) is 2.81. The SMILES string of the molecule is CNC(=O)CN.Cl.Cl. The van der Waals surface area contributed by atoms with Crippen molar-refractivity contribution in [1.29, 1.82) is 0 Å². The summed E-state index contributed by atoms with van der Waals surface area (Å²) in [5.41, 5.74) is 4.87. The van der Waals surface area contributed by atoms with Crippen LogP contribution in [0.5, 0.6) is 0 Å². The van der Waals surface area contributed by atoms with Gasteiger partial charge in [-0.3, -0.25) is 4.79 Å². The molecule has 0 aromatic heterocycles. The van der Waals surface area contributed by atoms with Crippen LogP contribution in [0, 0.1) is 0 Å². The van der Waals surface area contributed by atoms with Crippen molar-refractivity contribution in [1.82, 2.24) is 5.32 Å². The van der Waals surface area contributed by atoms with Gasteiger partial charge in [-0.1, -0.05) is 0 Å². The van der Waals surface area contributed by atoms with Crippen LogP contribution >= 0.6 is 24.8 Å². The van der Waals surface area contributed by atoms with Gasteiger partial charge < -0.3 is 11.1 Å². The highest BCUT2D eigenvalue weighted by molar-refractivity contribution is 5.85. The summed E-state index contributed by atoms with van der Waals surface area (Å²) in [5, 5.41) is 2.35. The quantitative estimate of drug-likeness (QED) is 0.546. The zero-order valence-corrected chi connectivity index (χ0v) is 6.14. The van der Waals surface area contributed by atoms with E-state index < -0.39 is 0 Å². The Bertz CT molecular complexity index is 53.2. The third-order valence-electron chi connectivity index (χ3n) is 0.464. The fourth-order valence-electron chi connectivity index (χ4n) is 0.102. The van der Waals surface area contributed by atoms with Gasteiger partial charge in [0.1, 0.15) is 0 Å². The molecule has 0 saturated carbocycles.